The molecule has 0 fully saturated rings. The Morgan fingerprint density at radius 1 is 1.57 bits per heavy atom. The number of hydrogen-bond donors (Lipinski definition) is 1. The molecule has 0 radical (unpaired) electrons. The molecule has 1 N–H and O–H groups in total. The van der Waals surface area contributed by atoms with Gasteiger partial charge in [0.05, 0.1) is 7.11 Å². The zero-order valence-electron chi connectivity index (χ0n) is 7.95. The number of esters is 1. The first-order valence-electron chi connectivity index (χ1n) is 4.09. The maximum atomic E-state index is 13.4. The molecule has 1 aromatic carbocycles. The molecule has 0 aliphatic carbocycles. The maximum absolute atomic E-state index is 13.4. The molecule has 1 aromatic rings. The second kappa shape index (κ2) is 4.19. The average molecular weight is 198 g/mol. The van der Waals surface area contributed by atoms with Crippen LogP contribution in [0.3, 0.4) is 0 Å². The minimum atomic E-state index is -1.56. The third-order valence-corrected chi connectivity index (χ3v) is 1.94. The van der Waals surface area contributed by atoms with E-state index in [1.807, 2.05) is 0 Å². The van der Waals surface area contributed by atoms with Crippen molar-refractivity contribution in [2.24, 2.45) is 0 Å². The Balaban J connectivity index is 3.07. The van der Waals surface area contributed by atoms with Gasteiger partial charge in [-0.3, -0.25) is 0 Å². The molecule has 0 heterocycles. The predicted octanol–water partition coefficient (Wildman–Crippen LogP) is 1.34. The Hall–Kier alpha value is -1.42. The highest BCUT2D eigenvalue weighted by atomic mass is 19.1. The molecule has 0 aromatic heterocycles. The Bertz CT molecular complexity index is 349. The van der Waals surface area contributed by atoms with Gasteiger partial charge in [-0.2, -0.15) is 0 Å². The van der Waals surface area contributed by atoms with Crippen LogP contribution in [0.5, 0.6) is 0 Å². The Kier molecular flexibility index (Phi) is 3.19. The topological polar surface area (TPSA) is 46.5 Å². The van der Waals surface area contributed by atoms with Crippen molar-refractivity contribution in [3.8, 4) is 0 Å². The normalized spacial score (nSPS) is 12.3. The van der Waals surface area contributed by atoms with Crippen molar-refractivity contribution in [1.29, 1.82) is 0 Å². The number of benzene rings is 1. The number of rotatable bonds is 2. The predicted molar refractivity (Wildman–Crippen MR) is 48.1 cm³/mol. The van der Waals surface area contributed by atoms with Crippen LogP contribution in [0.15, 0.2) is 18.2 Å². The lowest BCUT2D eigenvalue weighted by atomic mass is 10.1. The van der Waals surface area contributed by atoms with E-state index in [1.54, 1.807) is 19.1 Å². The monoisotopic (exact) mass is 198 g/mol. The smallest absolute Gasteiger partial charge is 0.339 e. The van der Waals surface area contributed by atoms with Gasteiger partial charge in [-0.1, -0.05) is 18.2 Å². The number of aryl methyl sites for hydroxylation is 1. The van der Waals surface area contributed by atoms with Crippen LogP contribution in [-0.4, -0.2) is 18.2 Å². The minimum absolute atomic E-state index is 0.0585. The SMILES string of the molecule is COC(=O)C(O)c1cccc(C)c1F. The summed E-state index contributed by atoms with van der Waals surface area (Å²) in [6.07, 6.45) is -1.56. The molecule has 3 nitrogen and oxygen atoms in total. The van der Waals surface area contributed by atoms with E-state index in [-0.39, 0.29) is 5.56 Å². The molecule has 0 spiro atoms. The molecule has 14 heavy (non-hydrogen) atoms. The van der Waals surface area contributed by atoms with Crippen LogP contribution in [0.25, 0.3) is 0 Å². The number of ether oxygens (including phenoxy) is 1. The van der Waals surface area contributed by atoms with Crippen molar-refractivity contribution in [3.63, 3.8) is 0 Å². The second-order valence-electron chi connectivity index (χ2n) is 2.90. The fourth-order valence-corrected chi connectivity index (χ4v) is 1.12. The largest absolute Gasteiger partial charge is 0.467 e. The van der Waals surface area contributed by atoms with Crippen molar-refractivity contribution in [1.82, 2.24) is 0 Å². The van der Waals surface area contributed by atoms with Gasteiger partial charge in [-0.05, 0) is 12.5 Å². The number of aliphatic hydroxyl groups is 1. The molecule has 1 atom stereocenters. The number of aliphatic hydroxyl groups excluding tert-OH is 1. The van der Waals surface area contributed by atoms with E-state index < -0.39 is 17.9 Å². The molecular formula is C10H11FO3. The van der Waals surface area contributed by atoms with Crippen LogP contribution < -0.4 is 0 Å². The first kappa shape index (κ1) is 10.7. The zero-order chi connectivity index (χ0) is 10.7. The first-order valence-corrected chi connectivity index (χ1v) is 4.09. The molecule has 0 aliphatic rings. The lowest BCUT2D eigenvalue weighted by Gasteiger charge is -2.10. The van der Waals surface area contributed by atoms with E-state index in [0.717, 1.165) is 7.11 Å². The molecule has 0 saturated heterocycles. The summed E-state index contributed by atoms with van der Waals surface area (Å²) < 4.78 is 17.7. The zero-order valence-corrected chi connectivity index (χ0v) is 7.95. The Morgan fingerprint density at radius 3 is 2.79 bits per heavy atom. The fourth-order valence-electron chi connectivity index (χ4n) is 1.12. The second-order valence-corrected chi connectivity index (χ2v) is 2.90. The third-order valence-electron chi connectivity index (χ3n) is 1.94. The van der Waals surface area contributed by atoms with Crippen molar-refractivity contribution in [2.45, 2.75) is 13.0 Å². The molecule has 0 aliphatic heterocycles. The summed E-state index contributed by atoms with van der Waals surface area (Å²) >= 11 is 0. The van der Waals surface area contributed by atoms with Crippen LogP contribution in [0.4, 0.5) is 4.39 Å². The van der Waals surface area contributed by atoms with E-state index in [4.69, 9.17) is 0 Å². The van der Waals surface area contributed by atoms with E-state index in [2.05, 4.69) is 4.74 Å². The highest BCUT2D eigenvalue weighted by Gasteiger charge is 2.21. The van der Waals surface area contributed by atoms with Gasteiger partial charge in [0.1, 0.15) is 5.82 Å². The highest BCUT2D eigenvalue weighted by molar-refractivity contribution is 5.76. The van der Waals surface area contributed by atoms with Gasteiger partial charge in [-0.25, -0.2) is 9.18 Å². The fraction of sp³-hybridized carbons (Fsp3) is 0.300. The standard InChI is InChI=1S/C10H11FO3/c1-6-4-3-5-7(8(6)11)9(12)10(13)14-2/h3-5,9,12H,1-2H3. The summed E-state index contributed by atoms with van der Waals surface area (Å²) in [5, 5.41) is 9.38. The summed E-state index contributed by atoms with van der Waals surface area (Å²) in [6, 6.07) is 4.48. The van der Waals surface area contributed by atoms with E-state index in [9.17, 15) is 14.3 Å². The number of carbonyl (C=O) groups excluding carboxylic acids is 1. The van der Waals surface area contributed by atoms with Gasteiger partial charge in [0.25, 0.3) is 0 Å². The van der Waals surface area contributed by atoms with E-state index in [1.165, 1.54) is 6.07 Å². The van der Waals surface area contributed by atoms with Crippen LogP contribution >= 0.6 is 0 Å². The third kappa shape index (κ3) is 1.90. The van der Waals surface area contributed by atoms with Gasteiger partial charge in [-0.15, -0.1) is 0 Å². The van der Waals surface area contributed by atoms with Crippen molar-refractivity contribution >= 4 is 5.97 Å². The van der Waals surface area contributed by atoms with Gasteiger partial charge in [0, 0.05) is 5.56 Å². The molecule has 76 valence electrons. The summed E-state index contributed by atoms with van der Waals surface area (Å²) in [4.78, 5) is 10.9. The number of carbonyl (C=O) groups is 1. The van der Waals surface area contributed by atoms with Crippen LogP contribution in [0.1, 0.15) is 17.2 Å². The maximum Gasteiger partial charge on any atom is 0.339 e. The average Bonchev–Trinajstić information content (AvgIpc) is 2.20. The minimum Gasteiger partial charge on any atom is -0.467 e. The molecule has 0 bridgehead atoms. The Labute approximate surface area is 81.1 Å². The Morgan fingerprint density at radius 2 is 2.21 bits per heavy atom. The summed E-state index contributed by atoms with van der Waals surface area (Å²) in [7, 11) is 1.14. The molecule has 4 heteroatoms. The van der Waals surface area contributed by atoms with Crippen LogP contribution in [0, 0.1) is 12.7 Å². The number of methoxy groups -OCH3 is 1. The van der Waals surface area contributed by atoms with Crippen molar-refractivity contribution in [2.75, 3.05) is 7.11 Å². The van der Waals surface area contributed by atoms with Gasteiger partial charge in [0.15, 0.2) is 6.10 Å². The van der Waals surface area contributed by atoms with Crippen LogP contribution in [-0.2, 0) is 9.53 Å². The number of halogens is 1. The van der Waals surface area contributed by atoms with Crippen molar-refractivity contribution in [3.05, 3.63) is 35.1 Å². The van der Waals surface area contributed by atoms with Crippen molar-refractivity contribution < 1.29 is 19.0 Å². The highest BCUT2D eigenvalue weighted by Crippen LogP contribution is 2.20. The molecular weight excluding hydrogens is 187 g/mol. The molecule has 0 saturated carbocycles. The van der Waals surface area contributed by atoms with Gasteiger partial charge >= 0.3 is 5.97 Å². The lowest BCUT2D eigenvalue weighted by molar-refractivity contribution is -0.150. The molecule has 0 amide bonds. The van der Waals surface area contributed by atoms with E-state index in [0.29, 0.717) is 5.56 Å². The first-order chi connectivity index (χ1) is 6.57. The lowest BCUT2D eigenvalue weighted by Crippen LogP contribution is -2.15. The molecule has 1 rings (SSSR count). The number of hydrogen-bond acceptors (Lipinski definition) is 3. The van der Waals surface area contributed by atoms with Gasteiger partial charge < -0.3 is 9.84 Å². The van der Waals surface area contributed by atoms with E-state index >= 15 is 0 Å². The molecule has 1 unspecified atom stereocenters. The van der Waals surface area contributed by atoms with Gasteiger partial charge in [0.2, 0.25) is 0 Å². The quantitative estimate of drug-likeness (QED) is 0.729. The summed E-state index contributed by atoms with van der Waals surface area (Å²) in [5.41, 5.74) is 0.322. The summed E-state index contributed by atoms with van der Waals surface area (Å²) in [6.45, 7) is 1.56. The summed E-state index contributed by atoms with van der Waals surface area (Å²) in [5.74, 6) is -1.44. The van der Waals surface area contributed by atoms with Crippen LogP contribution in [0.2, 0.25) is 0 Å².